The third kappa shape index (κ3) is 5.25. The van der Waals surface area contributed by atoms with Crippen LogP contribution in [0.15, 0.2) is 11.6 Å². The number of piperidine rings is 1. The SMILES string of the molecule is C/C(=C\[C@H](C)C(=O)C[C@H](O)CC1CC(=O)NC(=O)C1)C1OC1C. The van der Waals surface area contributed by atoms with Crippen molar-refractivity contribution in [1.29, 1.82) is 0 Å². The first kappa shape index (κ1) is 17.8. The van der Waals surface area contributed by atoms with Gasteiger partial charge in [-0.2, -0.15) is 0 Å². The minimum absolute atomic E-state index is 0.0400. The number of imide groups is 1. The van der Waals surface area contributed by atoms with Gasteiger partial charge in [0, 0.05) is 25.2 Å². The maximum absolute atomic E-state index is 12.2. The average Bonchev–Trinajstić information content (AvgIpc) is 3.14. The van der Waals surface area contributed by atoms with E-state index >= 15 is 0 Å². The molecule has 2 saturated heterocycles. The van der Waals surface area contributed by atoms with Crippen LogP contribution in [0.4, 0.5) is 0 Å². The Labute approximate surface area is 136 Å². The molecule has 2 aliphatic heterocycles. The molecular weight excluding hydrogens is 298 g/mol. The number of hydrogen-bond donors (Lipinski definition) is 2. The minimum Gasteiger partial charge on any atom is -0.393 e. The van der Waals surface area contributed by atoms with E-state index in [0.717, 1.165) is 5.57 Å². The van der Waals surface area contributed by atoms with Crippen molar-refractivity contribution < 1.29 is 24.2 Å². The zero-order valence-electron chi connectivity index (χ0n) is 13.9. The van der Waals surface area contributed by atoms with Crippen molar-refractivity contribution >= 4 is 17.6 Å². The Morgan fingerprint density at radius 2 is 1.96 bits per heavy atom. The molecule has 0 radical (unpaired) electrons. The Kier molecular flexibility index (Phi) is 5.70. The molecule has 0 spiro atoms. The van der Waals surface area contributed by atoms with Crippen LogP contribution in [-0.4, -0.2) is 41.0 Å². The predicted octanol–water partition coefficient (Wildman–Crippen LogP) is 1.12. The van der Waals surface area contributed by atoms with E-state index in [9.17, 15) is 19.5 Å². The van der Waals surface area contributed by atoms with Gasteiger partial charge in [0.05, 0.1) is 12.2 Å². The number of amides is 2. The molecule has 2 aliphatic rings. The Morgan fingerprint density at radius 3 is 2.48 bits per heavy atom. The van der Waals surface area contributed by atoms with Gasteiger partial charge in [0.1, 0.15) is 11.9 Å². The summed E-state index contributed by atoms with van der Waals surface area (Å²) in [7, 11) is 0. The number of carbonyl (C=O) groups excluding carboxylic acids is 3. The number of ether oxygens (including phenoxy) is 1. The number of carbonyl (C=O) groups is 3. The van der Waals surface area contributed by atoms with Crippen molar-refractivity contribution in [3.8, 4) is 0 Å². The van der Waals surface area contributed by atoms with E-state index in [-0.39, 0.29) is 60.9 Å². The number of aliphatic hydroxyl groups is 1. The zero-order chi connectivity index (χ0) is 17.1. The van der Waals surface area contributed by atoms with Crippen LogP contribution < -0.4 is 5.32 Å². The summed E-state index contributed by atoms with van der Waals surface area (Å²) >= 11 is 0. The molecule has 2 unspecified atom stereocenters. The Morgan fingerprint density at radius 1 is 1.39 bits per heavy atom. The van der Waals surface area contributed by atoms with E-state index in [1.54, 1.807) is 0 Å². The van der Waals surface area contributed by atoms with Crippen LogP contribution in [0.5, 0.6) is 0 Å². The molecule has 2 fully saturated rings. The molecule has 2 N–H and O–H groups in total. The first-order chi connectivity index (χ1) is 10.8. The Hall–Kier alpha value is -1.53. The van der Waals surface area contributed by atoms with Crippen LogP contribution >= 0.6 is 0 Å². The first-order valence-electron chi connectivity index (χ1n) is 8.13. The number of epoxide rings is 1. The molecule has 0 aromatic carbocycles. The van der Waals surface area contributed by atoms with Gasteiger partial charge in [-0.15, -0.1) is 0 Å². The molecule has 2 rings (SSSR count). The van der Waals surface area contributed by atoms with Gasteiger partial charge in [0.15, 0.2) is 0 Å². The number of nitrogens with one attached hydrogen (secondary N) is 1. The maximum atomic E-state index is 12.2. The predicted molar refractivity (Wildman–Crippen MR) is 83.4 cm³/mol. The third-order valence-corrected chi connectivity index (χ3v) is 4.45. The molecule has 0 aromatic rings. The molecule has 2 amide bonds. The fourth-order valence-electron chi connectivity index (χ4n) is 3.15. The Balaban J connectivity index is 1.79. The fraction of sp³-hybridized carbons (Fsp3) is 0.706. The van der Waals surface area contributed by atoms with E-state index in [4.69, 9.17) is 4.74 Å². The molecule has 128 valence electrons. The number of ketones is 1. The van der Waals surface area contributed by atoms with Gasteiger partial charge in [-0.3, -0.25) is 19.7 Å². The molecule has 0 aromatic heterocycles. The second-order valence-corrected chi connectivity index (χ2v) is 6.77. The number of aliphatic hydroxyl groups excluding tert-OH is 1. The van der Waals surface area contributed by atoms with Crippen LogP contribution in [0.3, 0.4) is 0 Å². The van der Waals surface area contributed by atoms with Crippen LogP contribution in [0.2, 0.25) is 0 Å². The highest BCUT2D eigenvalue weighted by molar-refractivity contribution is 5.97. The number of hydrogen-bond acceptors (Lipinski definition) is 5. The van der Waals surface area contributed by atoms with Crippen molar-refractivity contribution in [2.75, 3.05) is 0 Å². The van der Waals surface area contributed by atoms with Gasteiger partial charge >= 0.3 is 0 Å². The largest absolute Gasteiger partial charge is 0.393 e. The monoisotopic (exact) mass is 323 g/mol. The third-order valence-electron chi connectivity index (χ3n) is 4.45. The first-order valence-corrected chi connectivity index (χ1v) is 8.13. The lowest BCUT2D eigenvalue weighted by Gasteiger charge is -2.23. The van der Waals surface area contributed by atoms with Gasteiger partial charge in [-0.1, -0.05) is 13.0 Å². The number of allylic oxidation sites excluding steroid dienone is 1. The van der Waals surface area contributed by atoms with E-state index in [0.29, 0.717) is 6.42 Å². The maximum Gasteiger partial charge on any atom is 0.226 e. The van der Waals surface area contributed by atoms with Gasteiger partial charge in [0.2, 0.25) is 11.8 Å². The minimum atomic E-state index is -0.821. The van der Waals surface area contributed by atoms with E-state index in [1.807, 2.05) is 26.8 Å². The fourth-order valence-corrected chi connectivity index (χ4v) is 3.15. The summed E-state index contributed by atoms with van der Waals surface area (Å²) in [5, 5.41) is 12.3. The summed E-state index contributed by atoms with van der Waals surface area (Å²) in [4.78, 5) is 34.8. The van der Waals surface area contributed by atoms with Crippen LogP contribution in [0.1, 0.15) is 46.5 Å². The molecule has 0 saturated carbocycles. The summed E-state index contributed by atoms with van der Waals surface area (Å²) in [5.74, 6) is -1.13. The molecule has 0 bridgehead atoms. The summed E-state index contributed by atoms with van der Waals surface area (Å²) in [6.07, 6.45) is 2.18. The molecule has 6 nitrogen and oxygen atoms in total. The van der Waals surface area contributed by atoms with E-state index in [2.05, 4.69) is 5.32 Å². The van der Waals surface area contributed by atoms with Gasteiger partial charge in [0.25, 0.3) is 0 Å². The van der Waals surface area contributed by atoms with Crippen molar-refractivity contribution in [1.82, 2.24) is 5.32 Å². The van der Waals surface area contributed by atoms with E-state index in [1.165, 1.54) is 0 Å². The zero-order valence-corrected chi connectivity index (χ0v) is 13.9. The highest BCUT2D eigenvalue weighted by Gasteiger charge is 2.35. The average molecular weight is 323 g/mol. The molecule has 23 heavy (non-hydrogen) atoms. The smallest absolute Gasteiger partial charge is 0.226 e. The number of rotatable bonds is 7. The number of Topliss-reactive ketones (excluding diaryl/α,β-unsaturated/α-hetero) is 1. The van der Waals surface area contributed by atoms with Crippen LogP contribution in [-0.2, 0) is 19.1 Å². The van der Waals surface area contributed by atoms with Crippen LogP contribution in [0.25, 0.3) is 0 Å². The lowest BCUT2D eigenvalue weighted by atomic mass is 9.88. The summed E-state index contributed by atoms with van der Waals surface area (Å²) in [6.45, 7) is 5.74. The van der Waals surface area contributed by atoms with Crippen molar-refractivity contribution in [2.45, 2.75) is 64.8 Å². The van der Waals surface area contributed by atoms with Crippen LogP contribution in [0, 0.1) is 11.8 Å². The molecular formula is C17H25NO5. The van der Waals surface area contributed by atoms with Crippen molar-refractivity contribution in [2.24, 2.45) is 11.8 Å². The summed E-state index contributed by atoms with van der Waals surface area (Å²) < 4.78 is 5.36. The second kappa shape index (κ2) is 7.36. The molecule has 2 heterocycles. The normalized spacial score (nSPS) is 28.3. The quantitative estimate of drug-likeness (QED) is 0.416. The molecule has 6 heteroatoms. The van der Waals surface area contributed by atoms with Gasteiger partial charge in [-0.25, -0.2) is 0 Å². The standard InChI is InChI=1S/C17H25NO5/c1-9(4-10(2)17-11(3)23-17)14(20)8-13(19)5-12-6-15(21)18-16(22)7-12/h4,9,11-13,17,19H,5-8H2,1-3H3,(H,18,21,22)/b10-4+/t9-,11?,13+,17?/m0/s1. The van der Waals surface area contributed by atoms with Crippen molar-refractivity contribution in [3.05, 3.63) is 11.6 Å². The summed E-state index contributed by atoms with van der Waals surface area (Å²) in [5.41, 5.74) is 1.04. The van der Waals surface area contributed by atoms with Gasteiger partial charge in [-0.05, 0) is 31.8 Å². The highest BCUT2D eigenvalue weighted by atomic mass is 16.6. The topological polar surface area (TPSA) is 96.0 Å². The molecule has 0 aliphatic carbocycles. The van der Waals surface area contributed by atoms with Gasteiger partial charge < -0.3 is 9.84 Å². The lowest BCUT2D eigenvalue weighted by molar-refractivity contribution is -0.135. The Bertz CT molecular complexity index is 511. The molecule has 4 atom stereocenters. The lowest BCUT2D eigenvalue weighted by Crippen LogP contribution is -2.39. The van der Waals surface area contributed by atoms with Crippen molar-refractivity contribution in [3.63, 3.8) is 0 Å². The second-order valence-electron chi connectivity index (χ2n) is 6.77. The summed E-state index contributed by atoms with van der Waals surface area (Å²) in [6, 6.07) is 0. The highest BCUT2D eigenvalue weighted by Crippen LogP contribution is 2.29. The van der Waals surface area contributed by atoms with E-state index < -0.39 is 6.10 Å².